The van der Waals surface area contributed by atoms with Crippen molar-refractivity contribution in [2.75, 3.05) is 5.73 Å². The molecule has 0 saturated heterocycles. The second-order valence-electron chi connectivity index (χ2n) is 4.05. The quantitative estimate of drug-likeness (QED) is 0.856. The van der Waals surface area contributed by atoms with Gasteiger partial charge in [-0.3, -0.25) is 4.98 Å². The molecule has 17 heavy (non-hydrogen) atoms. The first kappa shape index (κ1) is 11.5. The van der Waals surface area contributed by atoms with E-state index in [0.29, 0.717) is 11.6 Å². The minimum absolute atomic E-state index is 0.558. The minimum atomic E-state index is 0.558. The van der Waals surface area contributed by atoms with Crippen LogP contribution in [0.2, 0.25) is 0 Å². The van der Waals surface area contributed by atoms with Crippen molar-refractivity contribution in [3.8, 4) is 11.4 Å². The van der Waals surface area contributed by atoms with Gasteiger partial charge in [-0.15, -0.1) is 0 Å². The lowest BCUT2D eigenvalue weighted by atomic mass is 10.1. The number of nitrogens with zero attached hydrogens (tertiary/aromatic N) is 3. The summed E-state index contributed by atoms with van der Waals surface area (Å²) >= 11 is 0. The summed E-state index contributed by atoms with van der Waals surface area (Å²) < 4.78 is 0. The van der Waals surface area contributed by atoms with Crippen LogP contribution in [-0.2, 0) is 6.42 Å². The minimum Gasteiger partial charge on any atom is -0.383 e. The number of nitrogens with two attached hydrogens (primary N) is 1. The molecule has 4 heteroatoms. The third-order valence-corrected chi connectivity index (χ3v) is 2.88. The van der Waals surface area contributed by atoms with Crippen molar-refractivity contribution in [1.29, 1.82) is 0 Å². The Kier molecular flexibility index (Phi) is 3.04. The van der Waals surface area contributed by atoms with Crippen LogP contribution in [0.5, 0.6) is 0 Å². The fourth-order valence-corrected chi connectivity index (χ4v) is 1.77. The predicted octanol–water partition coefficient (Wildman–Crippen LogP) is 2.30. The number of hydrogen-bond donors (Lipinski definition) is 1. The Morgan fingerprint density at radius 1 is 1.24 bits per heavy atom. The Morgan fingerprint density at radius 2 is 2.00 bits per heavy atom. The van der Waals surface area contributed by atoms with Gasteiger partial charge in [0, 0.05) is 29.2 Å². The molecule has 0 fully saturated rings. The zero-order valence-corrected chi connectivity index (χ0v) is 10.4. The van der Waals surface area contributed by atoms with E-state index in [4.69, 9.17) is 5.73 Å². The third-order valence-electron chi connectivity index (χ3n) is 2.88. The van der Waals surface area contributed by atoms with Crippen molar-refractivity contribution < 1.29 is 0 Å². The molecule has 0 spiro atoms. The highest BCUT2D eigenvalue weighted by atomic mass is 15.0. The van der Waals surface area contributed by atoms with Gasteiger partial charge in [-0.25, -0.2) is 9.97 Å². The van der Waals surface area contributed by atoms with Crippen LogP contribution in [0.1, 0.15) is 23.7 Å². The Balaban J connectivity index is 2.61. The van der Waals surface area contributed by atoms with Crippen molar-refractivity contribution in [2.24, 2.45) is 0 Å². The molecule has 0 bridgehead atoms. The molecule has 0 unspecified atom stereocenters. The van der Waals surface area contributed by atoms with E-state index >= 15 is 0 Å². The Morgan fingerprint density at radius 3 is 2.65 bits per heavy atom. The van der Waals surface area contributed by atoms with E-state index in [2.05, 4.69) is 21.9 Å². The molecule has 0 aliphatic heterocycles. The molecular weight excluding hydrogens is 212 g/mol. The number of hydrogen-bond acceptors (Lipinski definition) is 4. The van der Waals surface area contributed by atoms with Crippen LogP contribution < -0.4 is 5.73 Å². The molecule has 88 valence electrons. The average molecular weight is 228 g/mol. The van der Waals surface area contributed by atoms with Crippen LogP contribution >= 0.6 is 0 Å². The van der Waals surface area contributed by atoms with Gasteiger partial charge in [0.2, 0.25) is 0 Å². The highest BCUT2D eigenvalue weighted by Gasteiger charge is 2.10. The number of anilines is 1. The van der Waals surface area contributed by atoms with Gasteiger partial charge in [-0.2, -0.15) is 0 Å². The molecule has 2 aromatic rings. The normalized spacial score (nSPS) is 10.5. The predicted molar refractivity (Wildman–Crippen MR) is 68.5 cm³/mol. The number of pyridine rings is 1. The van der Waals surface area contributed by atoms with E-state index in [9.17, 15) is 0 Å². The largest absolute Gasteiger partial charge is 0.383 e. The van der Waals surface area contributed by atoms with Gasteiger partial charge in [0.1, 0.15) is 5.82 Å². The molecule has 2 aromatic heterocycles. The summed E-state index contributed by atoms with van der Waals surface area (Å²) in [7, 11) is 0. The Labute approximate surface area is 101 Å². The Bertz CT molecular complexity index is 549. The lowest BCUT2D eigenvalue weighted by molar-refractivity contribution is 0.980. The summed E-state index contributed by atoms with van der Waals surface area (Å²) in [6, 6.07) is 1.92. The number of rotatable bonds is 2. The van der Waals surface area contributed by atoms with Crippen LogP contribution in [-0.4, -0.2) is 15.0 Å². The van der Waals surface area contributed by atoms with Gasteiger partial charge in [0.15, 0.2) is 5.82 Å². The van der Waals surface area contributed by atoms with Crippen LogP contribution in [0.3, 0.4) is 0 Å². The molecule has 0 atom stereocenters. The molecule has 0 aliphatic rings. The SMILES string of the molecule is CCc1nc(-c2ccncc2C)nc(N)c1C. The first-order valence-corrected chi connectivity index (χ1v) is 5.67. The van der Waals surface area contributed by atoms with Crippen LogP contribution in [0.4, 0.5) is 5.82 Å². The first-order valence-electron chi connectivity index (χ1n) is 5.67. The molecule has 0 radical (unpaired) electrons. The molecule has 4 nitrogen and oxygen atoms in total. The molecule has 2 heterocycles. The maximum atomic E-state index is 5.92. The van der Waals surface area contributed by atoms with E-state index in [1.807, 2.05) is 19.9 Å². The highest BCUT2D eigenvalue weighted by Crippen LogP contribution is 2.22. The van der Waals surface area contributed by atoms with E-state index in [-0.39, 0.29) is 0 Å². The first-order chi connectivity index (χ1) is 8.13. The molecule has 0 amide bonds. The van der Waals surface area contributed by atoms with Crippen molar-refractivity contribution in [2.45, 2.75) is 27.2 Å². The van der Waals surface area contributed by atoms with E-state index in [0.717, 1.165) is 28.8 Å². The fourth-order valence-electron chi connectivity index (χ4n) is 1.77. The molecular formula is C13H16N4. The third kappa shape index (κ3) is 2.11. The summed E-state index contributed by atoms with van der Waals surface area (Å²) in [6.07, 6.45) is 4.41. The summed E-state index contributed by atoms with van der Waals surface area (Å²) in [5.41, 5.74) is 9.94. The van der Waals surface area contributed by atoms with Crippen molar-refractivity contribution in [3.05, 3.63) is 35.3 Å². The van der Waals surface area contributed by atoms with Crippen LogP contribution in [0, 0.1) is 13.8 Å². The maximum Gasteiger partial charge on any atom is 0.162 e. The van der Waals surface area contributed by atoms with Crippen molar-refractivity contribution in [3.63, 3.8) is 0 Å². The van der Waals surface area contributed by atoms with E-state index in [1.54, 1.807) is 12.4 Å². The average Bonchev–Trinajstić information content (AvgIpc) is 2.33. The summed E-state index contributed by atoms with van der Waals surface area (Å²) in [6.45, 7) is 6.02. The monoisotopic (exact) mass is 228 g/mol. The van der Waals surface area contributed by atoms with E-state index in [1.165, 1.54) is 0 Å². The second-order valence-corrected chi connectivity index (χ2v) is 4.05. The molecule has 2 N–H and O–H groups in total. The lowest BCUT2D eigenvalue weighted by Crippen LogP contribution is -2.04. The molecule has 2 rings (SSSR count). The molecule has 0 aliphatic carbocycles. The van der Waals surface area contributed by atoms with Crippen LogP contribution in [0.15, 0.2) is 18.5 Å². The van der Waals surface area contributed by atoms with Gasteiger partial charge < -0.3 is 5.73 Å². The smallest absolute Gasteiger partial charge is 0.162 e. The Hall–Kier alpha value is -1.97. The van der Waals surface area contributed by atoms with E-state index < -0.39 is 0 Å². The van der Waals surface area contributed by atoms with Crippen LogP contribution in [0.25, 0.3) is 11.4 Å². The van der Waals surface area contributed by atoms with Gasteiger partial charge in [-0.05, 0) is 31.9 Å². The fraction of sp³-hybridized carbons (Fsp3) is 0.308. The van der Waals surface area contributed by atoms with Crippen molar-refractivity contribution in [1.82, 2.24) is 15.0 Å². The highest BCUT2D eigenvalue weighted by molar-refractivity contribution is 5.61. The zero-order chi connectivity index (χ0) is 12.4. The maximum absolute atomic E-state index is 5.92. The number of nitrogen functional groups attached to an aromatic ring is 1. The number of aryl methyl sites for hydroxylation is 2. The van der Waals surface area contributed by atoms with Crippen molar-refractivity contribution >= 4 is 5.82 Å². The summed E-state index contributed by atoms with van der Waals surface area (Å²) in [5.74, 6) is 1.24. The van der Waals surface area contributed by atoms with Gasteiger partial charge in [-0.1, -0.05) is 6.92 Å². The lowest BCUT2D eigenvalue weighted by Gasteiger charge is -2.09. The molecule has 0 saturated carbocycles. The number of aromatic nitrogens is 3. The standard InChI is InChI=1S/C13H16N4/c1-4-11-9(3)12(14)17-13(16-11)10-5-6-15-7-8(10)2/h5-7H,4H2,1-3H3,(H2,14,16,17). The summed E-state index contributed by atoms with van der Waals surface area (Å²) in [5, 5.41) is 0. The van der Waals surface area contributed by atoms with Gasteiger partial charge >= 0.3 is 0 Å². The second kappa shape index (κ2) is 4.49. The summed E-state index contributed by atoms with van der Waals surface area (Å²) in [4.78, 5) is 13.0. The molecule has 0 aromatic carbocycles. The van der Waals surface area contributed by atoms with Gasteiger partial charge in [0.05, 0.1) is 0 Å². The zero-order valence-electron chi connectivity index (χ0n) is 10.4. The van der Waals surface area contributed by atoms with Gasteiger partial charge in [0.25, 0.3) is 0 Å². The topological polar surface area (TPSA) is 64.7 Å².